The summed E-state index contributed by atoms with van der Waals surface area (Å²) in [5, 5.41) is 0. The van der Waals surface area contributed by atoms with Crippen molar-refractivity contribution in [3.8, 4) is 0 Å². The molecule has 0 aliphatic rings. The second-order valence-electron chi connectivity index (χ2n) is 4.00. The summed E-state index contributed by atoms with van der Waals surface area (Å²) in [4.78, 5) is 0. The molecule has 0 aliphatic heterocycles. The highest BCUT2D eigenvalue weighted by atomic mass is 13.9. The molecule has 0 nitrogen and oxygen atoms in total. The molecule has 14 heavy (non-hydrogen) atoms. The molecule has 0 amide bonds. The molecule has 0 radical (unpaired) electrons. The number of hydrogen-bond acceptors (Lipinski definition) is 0. The van der Waals surface area contributed by atoms with E-state index in [0.717, 1.165) is 0 Å². The first-order chi connectivity index (χ1) is 6.66. The minimum Gasteiger partial charge on any atom is -0.0887 e. The van der Waals surface area contributed by atoms with E-state index >= 15 is 0 Å². The summed E-state index contributed by atoms with van der Waals surface area (Å²) in [6.45, 7) is 8.60. The van der Waals surface area contributed by atoms with Crippen molar-refractivity contribution in [1.82, 2.24) is 0 Å². The van der Waals surface area contributed by atoms with Crippen LogP contribution in [0.1, 0.15) is 53.4 Å². The van der Waals surface area contributed by atoms with Gasteiger partial charge in [0.05, 0.1) is 0 Å². The predicted molar refractivity (Wildman–Crippen MR) is 66.5 cm³/mol. The Balaban J connectivity index is 3.42. The standard InChI is InChI=1S/C14H24/c1-5-14(4)12-10-8-6-7-9-11-13(2)3/h5-6,8,11H,7,9-10,12H2,1-4H3. The predicted octanol–water partition coefficient (Wildman–Crippen LogP) is 5.04. The summed E-state index contributed by atoms with van der Waals surface area (Å²) in [6, 6.07) is 0. The van der Waals surface area contributed by atoms with Gasteiger partial charge in [-0.2, -0.15) is 0 Å². The lowest BCUT2D eigenvalue weighted by Gasteiger charge is -1.94. The van der Waals surface area contributed by atoms with E-state index in [-0.39, 0.29) is 0 Å². The molecule has 0 heteroatoms. The molecule has 80 valence electrons. The molecular formula is C14H24. The maximum Gasteiger partial charge on any atom is -0.0288 e. The largest absolute Gasteiger partial charge is 0.0887 e. The van der Waals surface area contributed by atoms with Crippen molar-refractivity contribution < 1.29 is 0 Å². The molecule has 0 bridgehead atoms. The maximum absolute atomic E-state index is 2.30. The molecule has 0 atom stereocenters. The maximum atomic E-state index is 2.30. The van der Waals surface area contributed by atoms with Crippen molar-refractivity contribution in [2.45, 2.75) is 53.4 Å². The molecule has 0 unspecified atom stereocenters. The van der Waals surface area contributed by atoms with Crippen molar-refractivity contribution in [3.63, 3.8) is 0 Å². The van der Waals surface area contributed by atoms with Crippen LogP contribution in [0.2, 0.25) is 0 Å². The zero-order chi connectivity index (χ0) is 10.8. The van der Waals surface area contributed by atoms with Gasteiger partial charge in [-0.1, -0.05) is 35.5 Å². The molecule has 0 fully saturated rings. The van der Waals surface area contributed by atoms with Crippen molar-refractivity contribution in [3.05, 3.63) is 35.5 Å². The lowest BCUT2D eigenvalue weighted by Crippen LogP contribution is -1.74. The summed E-state index contributed by atoms with van der Waals surface area (Å²) in [6.07, 6.45) is 13.8. The zero-order valence-corrected chi connectivity index (χ0v) is 10.1. The van der Waals surface area contributed by atoms with Crippen LogP contribution in [0.25, 0.3) is 0 Å². The van der Waals surface area contributed by atoms with E-state index in [0.29, 0.717) is 0 Å². The number of allylic oxidation sites excluding steroid dienone is 6. The lowest BCUT2D eigenvalue weighted by atomic mass is 10.1. The molecule has 0 rings (SSSR count). The fraction of sp³-hybridized carbons (Fsp3) is 0.571. The Morgan fingerprint density at radius 3 is 2.14 bits per heavy atom. The summed E-state index contributed by atoms with van der Waals surface area (Å²) < 4.78 is 0. The second-order valence-corrected chi connectivity index (χ2v) is 4.00. The van der Waals surface area contributed by atoms with Crippen LogP contribution >= 0.6 is 0 Å². The third kappa shape index (κ3) is 9.31. The van der Waals surface area contributed by atoms with Crippen LogP contribution in [0.5, 0.6) is 0 Å². The topological polar surface area (TPSA) is 0 Å². The van der Waals surface area contributed by atoms with Gasteiger partial charge in [0, 0.05) is 0 Å². The smallest absolute Gasteiger partial charge is 0.0288 e. The summed E-state index contributed by atoms with van der Waals surface area (Å²) in [5.74, 6) is 0. The van der Waals surface area contributed by atoms with Gasteiger partial charge in [0.1, 0.15) is 0 Å². The van der Waals surface area contributed by atoms with Gasteiger partial charge in [-0.25, -0.2) is 0 Å². The second kappa shape index (κ2) is 8.80. The molecule has 0 heterocycles. The molecule has 0 saturated carbocycles. The molecule has 0 spiro atoms. The molecule has 0 saturated heterocycles. The molecule has 0 aromatic heterocycles. The molecule has 0 N–H and O–H groups in total. The van der Waals surface area contributed by atoms with Crippen LogP contribution in [0.4, 0.5) is 0 Å². The van der Waals surface area contributed by atoms with E-state index in [1.165, 1.54) is 36.8 Å². The van der Waals surface area contributed by atoms with E-state index in [1.54, 1.807) is 0 Å². The first kappa shape index (κ1) is 13.2. The van der Waals surface area contributed by atoms with Crippen LogP contribution in [0, 0.1) is 0 Å². The van der Waals surface area contributed by atoms with Gasteiger partial charge in [-0.3, -0.25) is 0 Å². The fourth-order valence-electron chi connectivity index (χ4n) is 1.16. The van der Waals surface area contributed by atoms with Crippen molar-refractivity contribution in [2.24, 2.45) is 0 Å². The van der Waals surface area contributed by atoms with Crippen molar-refractivity contribution in [2.75, 3.05) is 0 Å². The average Bonchev–Trinajstić information content (AvgIpc) is 2.15. The number of unbranched alkanes of at least 4 members (excludes halogenated alkanes) is 1. The first-order valence-electron chi connectivity index (χ1n) is 5.57. The SMILES string of the molecule is CC=C(C)CCC=CCCC=C(C)C. The normalized spacial score (nSPS) is 12.1. The highest BCUT2D eigenvalue weighted by Crippen LogP contribution is 2.05. The van der Waals surface area contributed by atoms with Gasteiger partial charge in [0.2, 0.25) is 0 Å². The fourth-order valence-corrected chi connectivity index (χ4v) is 1.16. The Bertz CT molecular complexity index is 212. The average molecular weight is 192 g/mol. The summed E-state index contributed by atoms with van der Waals surface area (Å²) >= 11 is 0. The molecular weight excluding hydrogens is 168 g/mol. The van der Waals surface area contributed by atoms with Gasteiger partial charge in [-0.05, 0) is 53.4 Å². The quantitative estimate of drug-likeness (QED) is 0.409. The van der Waals surface area contributed by atoms with Crippen molar-refractivity contribution >= 4 is 0 Å². The Morgan fingerprint density at radius 2 is 1.57 bits per heavy atom. The Hall–Kier alpha value is -0.780. The van der Waals surface area contributed by atoms with Crippen LogP contribution in [0.3, 0.4) is 0 Å². The number of hydrogen-bond donors (Lipinski definition) is 0. The number of rotatable bonds is 6. The Labute approximate surface area is 89.4 Å². The molecule has 0 aliphatic carbocycles. The van der Waals surface area contributed by atoms with E-state index in [2.05, 4.69) is 52.0 Å². The minimum absolute atomic E-state index is 1.18. The third-order valence-corrected chi connectivity index (χ3v) is 2.25. The summed E-state index contributed by atoms with van der Waals surface area (Å²) in [5.41, 5.74) is 2.90. The van der Waals surface area contributed by atoms with Gasteiger partial charge < -0.3 is 0 Å². The third-order valence-electron chi connectivity index (χ3n) is 2.25. The monoisotopic (exact) mass is 192 g/mol. The van der Waals surface area contributed by atoms with Crippen LogP contribution in [0.15, 0.2) is 35.5 Å². The highest BCUT2D eigenvalue weighted by Gasteiger charge is 1.84. The molecule has 0 aromatic carbocycles. The van der Waals surface area contributed by atoms with Gasteiger partial charge in [-0.15, -0.1) is 0 Å². The minimum atomic E-state index is 1.18. The Kier molecular flexibility index (Phi) is 8.31. The van der Waals surface area contributed by atoms with E-state index in [1.807, 2.05) is 0 Å². The molecule has 0 aromatic rings. The van der Waals surface area contributed by atoms with Crippen LogP contribution in [-0.4, -0.2) is 0 Å². The van der Waals surface area contributed by atoms with E-state index in [9.17, 15) is 0 Å². The van der Waals surface area contributed by atoms with Gasteiger partial charge >= 0.3 is 0 Å². The lowest BCUT2D eigenvalue weighted by molar-refractivity contribution is 0.955. The van der Waals surface area contributed by atoms with Gasteiger partial charge in [0.25, 0.3) is 0 Å². The van der Waals surface area contributed by atoms with E-state index < -0.39 is 0 Å². The summed E-state index contributed by atoms with van der Waals surface area (Å²) in [7, 11) is 0. The van der Waals surface area contributed by atoms with E-state index in [4.69, 9.17) is 0 Å². The zero-order valence-electron chi connectivity index (χ0n) is 10.1. The van der Waals surface area contributed by atoms with Gasteiger partial charge in [0.15, 0.2) is 0 Å². The Morgan fingerprint density at radius 1 is 0.929 bits per heavy atom. The van der Waals surface area contributed by atoms with Crippen LogP contribution < -0.4 is 0 Å². The van der Waals surface area contributed by atoms with Crippen molar-refractivity contribution in [1.29, 1.82) is 0 Å². The van der Waals surface area contributed by atoms with Crippen LogP contribution in [-0.2, 0) is 0 Å². The highest BCUT2D eigenvalue weighted by molar-refractivity contribution is 4.99. The first-order valence-corrected chi connectivity index (χ1v) is 5.57.